The summed E-state index contributed by atoms with van der Waals surface area (Å²) in [5.41, 5.74) is 5.93. The first-order valence-electron chi connectivity index (χ1n) is 6.84. The minimum absolute atomic E-state index is 0.0485. The molecule has 1 aliphatic carbocycles. The maximum atomic E-state index is 12.3. The van der Waals surface area contributed by atoms with Gasteiger partial charge in [-0.25, -0.2) is 0 Å². The van der Waals surface area contributed by atoms with Gasteiger partial charge in [-0.15, -0.1) is 0 Å². The van der Waals surface area contributed by atoms with E-state index in [9.17, 15) is 4.79 Å². The van der Waals surface area contributed by atoms with Crippen LogP contribution in [0.15, 0.2) is 0 Å². The molecule has 2 rings (SSSR count). The Morgan fingerprint density at radius 1 is 1.50 bits per heavy atom. The van der Waals surface area contributed by atoms with Gasteiger partial charge in [-0.2, -0.15) is 11.8 Å². The second-order valence-corrected chi connectivity index (χ2v) is 6.37. The first-order chi connectivity index (χ1) is 8.67. The van der Waals surface area contributed by atoms with Crippen molar-refractivity contribution in [2.75, 3.05) is 31.7 Å². The summed E-state index contributed by atoms with van der Waals surface area (Å²) in [5.74, 6) is 1.06. The van der Waals surface area contributed by atoms with E-state index in [1.807, 2.05) is 11.2 Å². The van der Waals surface area contributed by atoms with Gasteiger partial charge < -0.3 is 15.4 Å². The molecule has 2 N–H and O–H groups in total. The number of carbonyl (C=O) groups excluding carboxylic acids is 1. The second-order valence-electron chi connectivity index (χ2n) is 5.39. The van der Waals surface area contributed by atoms with Crippen LogP contribution >= 0.6 is 11.8 Å². The fraction of sp³-hybridized carbons (Fsp3) is 0.923. The van der Waals surface area contributed by atoms with E-state index in [-0.39, 0.29) is 17.6 Å². The van der Waals surface area contributed by atoms with Crippen molar-refractivity contribution in [3.63, 3.8) is 0 Å². The number of carbonyl (C=O) groups is 1. The summed E-state index contributed by atoms with van der Waals surface area (Å²) in [4.78, 5) is 14.2. The van der Waals surface area contributed by atoms with Gasteiger partial charge in [-0.05, 0) is 31.3 Å². The van der Waals surface area contributed by atoms with Crippen molar-refractivity contribution in [1.29, 1.82) is 0 Å². The van der Waals surface area contributed by atoms with Crippen LogP contribution in [-0.2, 0) is 9.53 Å². The fourth-order valence-corrected chi connectivity index (χ4v) is 3.45. The van der Waals surface area contributed by atoms with Gasteiger partial charge in [0.25, 0.3) is 0 Å². The van der Waals surface area contributed by atoms with Crippen LogP contribution in [0.25, 0.3) is 0 Å². The van der Waals surface area contributed by atoms with Crippen molar-refractivity contribution in [1.82, 2.24) is 4.90 Å². The summed E-state index contributed by atoms with van der Waals surface area (Å²) in [5, 5.41) is 0. The number of morpholine rings is 1. The number of amides is 1. The monoisotopic (exact) mass is 272 g/mol. The van der Waals surface area contributed by atoms with E-state index in [0.29, 0.717) is 13.2 Å². The zero-order valence-electron chi connectivity index (χ0n) is 11.2. The predicted molar refractivity (Wildman–Crippen MR) is 74.7 cm³/mol. The van der Waals surface area contributed by atoms with E-state index in [1.54, 1.807) is 11.8 Å². The van der Waals surface area contributed by atoms with Gasteiger partial charge >= 0.3 is 0 Å². The highest BCUT2D eigenvalue weighted by Crippen LogP contribution is 2.35. The Bertz CT molecular complexity index is 293. The summed E-state index contributed by atoms with van der Waals surface area (Å²) in [6.45, 7) is 2.12. The molecule has 0 bridgehead atoms. The Labute approximate surface area is 114 Å². The van der Waals surface area contributed by atoms with Crippen molar-refractivity contribution in [2.45, 2.75) is 43.7 Å². The van der Waals surface area contributed by atoms with E-state index in [1.165, 1.54) is 12.8 Å². The number of hydrogen-bond acceptors (Lipinski definition) is 4. The molecule has 5 heteroatoms. The van der Waals surface area contributed by atoms with E-state index in [0.717, 1.165) is 31.6 Å². The molecule has 0 aromatic rings. The number of nitrogens with zero attached hydrogens (tertiary/aromatic N) is 1. The van der Waals surface area contributed by atoms with Crippen LogP contribution in [0.5, 0.6) is 0 Å². The molecule has 2 fully saturated rings. The molecule has 1 spiro atoms. The van der Waals surface area contributed by atoms with Crippen molar-refractivity contribution in [2.24, 2.45) is 5.73 Å². The van der Waals surface area contributed by atoms with Crippen molar-refractivity contribution in [3.05, 3.63) is 0 Å². The van der Waals surface area contributed by atoms with E-state index in [4.69, 9.17) is 10.5 Å². The number of thioether (sulfide) groups is 1. The number of nitrogens with two attached hydrogens (primary N) is 1. The minimum atomic E-state index is -0.339. The lowest BCUT2D eigenvalue weighted by Gasteiger charge is -2.41. The first kappa shape index (κ1) is 14.2. The molecule has 1 heterocycles. The lowest BCUT2D eigenvalue weighted by Crippen LogP contribution is -2.56. The Morgan fingerprint density at radius 3 is 2.89 bits per heavy atom. The highest BCUT2D eigenvalue weighted by Gasteiger charge is 2.41. The van der Waals surface area contributed by atoms with Gasteiger partial charge in [0.2, 0.25) is 5.91 Å². The van der Waals surface area contributed by atoms with Crippen LogP contribution in [0.2, 0.25) is 0 Å². The summed E-state index contributed by atoms with van der Waals surface area (Å²) >= 11 is 1.74. The Morgan fingerprint density at radius 2 is 2.22 bits per heavy atom. The standard InChI is InChI=1S/C13H24N2O2S/c1-18-9-4-11(14)12(16)15-7-8-17-13(10-15)5-2-3-6-13/h11H,2-10,14H2,1H3/t11-/m0/s1. The normalized spacial score (nSPS) is 24.4. The van der Waals surface area contributed by atoms with E-state index in [2.05, 4.69) is 0 Å². The van der Waals surface area contributed by atoms with Crippen molar-refractivity contribution < 1.29 is 9.53 Å². The summed E-state index contributed by atoms with van der Waals surface area (Å²) < 4.78 is 5.93. The van der Waals surface area contributed by atoms with Crippen molar-refractivity contribution in [3.8, 4) is 0 Å². The molecule has 2 aliphatic rings. The van der Waals surface area contributed by atoms with Gasteiger partial charge in [0.15, 0.2) is 0 Å². The molecule has 4 nitrogen and oxygen atoms in total. The third-order valence-electron chi connectivity index (χ3n) is 4.03. The smallest absolute Gasteiger partial charge is 0.239 e. The van der Waals surface area contributed by atoms with Gasteiger partial charge in [-0.3, -0.25) is 4.79 Å². The maximum Gasteiger partial charge on any atom is 0.239 e. The molecule has 1 aliphatic heterocycles. The van der Waals surface area contributed by atoms with Crippen LogP contribution in [0.1, 0.15) is 32.1 Å². The fourth-order valence-electron chi connectivity index (χ4n) is 2.96. The number of rotatable bonds is 4. The quantitative estimate of drug-likeness (QED) is 0.836. The lowest BCUT2D eigenvalue weighted by molar-refractivity contribution is -0.151. The minimum Gasteiger partial charge on any atom is -0.371 e. The van der Waals surface area contributed by atoms with Gasteiger partial charge in [0.1, 0.15) is 0 Å². The number of hydrogen-bond donors (Lipinski definition) is 1. The molecular formula is C13H24N2O2S. The zero-order valence-corrected chi connectivity index (χ0v) is 12.0. The molecule has 0 aromatic heterocycles. The third kappa shape index (κ3) is 3.19. The average molecular weight is 272 g/mol. The first-order valence-corrected chi connectivity index (χ1v) is 8.23. The molecule has 0 unspecified atom stereocenters. The van der Waals surface area contributed by atoms with Crippen LogP contribution in [0, 0.1) is 0 Å². The topological polar surface area (TPSA) is 55.6 Å². The van der Waals surface area contributed by atoms with Crippen LogP contribution < -0.4 is 5.73 Å². The molecule has 1 amide bonds. The highest BCUT2D eigenvalue weighted by molar-refractivity contribution is 7.98. The van der Waals surface area contributed by atoms with Crippen molar-refractivity contribution >= 4 is 17.7 Å². The average Bonchev–Trinajstić information content (AvgIpc) is 2.83. The Balaban J connectivity index is 1.89. The Hall–Kier alpha value is -0.260. The summed E-state index contributed by atoms with van der Waals surface area (Å²) in [7, 11) is 0. The molecule has 1 saturated heterocycles. The van der Waals surface area contributed by atoms with E-state index < -0.39 is 0 Å². The molecule has 0 radical (unpaired) electrons. The van der Waals surface area contributed by atoms with Crippen LogP contribution in [0.3, 0.4) is 0 Å². The van der Waals surface area contributed by atoms with Crippen LogP contribution in [-0.4, -0.2) is 54.2 Å². The van der Waals surface area contributed by atoms with Gasteiger partial charge in [0, 0.05) is 13.1 Å². The Kier molecular flexibility index (Phi) is 4.92. The largest absolute Gasteiger partial charge is 0.371 e. The summed E-state index contributed by atoms with van der Waals surface area (Å²) in [6.07, 6.45) is 7.44. The summed E-state index contributed by atoms with van der Waals surface area (Å²) in [6, 6.07) is -0.339. The molecular weight excluding hydrogens is 248 g/mol. The third-order valence-corrected chi connectivity index (χ3v) is 4.67. The lowest BCUT2D eigenvalue weighted by atomic mass is 9.99. The zero-order chi connectivity index (χ0) is 13.0. The second kappa shape index (κ2) is 6.26. The van der Waals surface area contributed by atoms with Gasteiger partial charge in [0.05, 0.1) is 18.2 Å². The molecule has 18 heavy (non-hydrogen) atoms. The molecule has 1 saturated carbocycles. The molecule has 104 valence electrons. The van der Waals surface area contributed by atoms with E-state index >= 15 is 0 Å². The van der Waals surface area contributed by atoms with Gasteiger partial charge in [-0.1, -0.05) is 12.8 Å². The maximum absolute atomic E-state index is 12.3. The predicted octanol–water partition coefficient (Wildman–Crippen LogP) is 1.24. The molecule has 0 aromatic carbocycles. The van der Waals surface area contributed by atoms with Crippen LogP contribution in [0.4, 0.5) is 0 Å². The highest BCUT2D eigenvalue weighted by atomic mass is 32.2. The number of ether oxygens (including phenoxy) is 1. The molecule has 1 atom stereocenters. The SMILES string of the molecule is CSCC[C@H](N)C(=O)N1CCOC2(CCCC2)C1.